The van der Waals surface area contributed by atoms with Crippen LogP contribution in [0.5, 0.6) is 0 Å². The molecular weight excluding hydrogens is 243 g/mol. The van der Waals surface area contributed by atoms with Crippen molar-refractivity contribution in [3.05, 3.63) is 60.4 Å². The molecule has 5 heteroatoms. The molecule has 0 aliphatic rings. The van der Waals surface area contributed by atoms with Gasteiger partial charge in [0.05, 0.1) is 5.69 Å². The Kier molecular flexibility index (Phi) is 2.72. The number of nitrogens with two attached hydrogens (primary N) is 1. The summed E-state index contributed by atoms with van der Waals surface area (Å²) in [4.78, 5) is 4.22. The normalized spacial score (nSPS) is 10.6. The van der Waals surface area contributed by atoms with Gasteiger partial charge in [0.25, 0.3) is 0 Å². The first-order valence-corrected chi connectivity index (χ1v) is 5.78. The molecular formula is C14H11FN4. The van der Waals surface area contributed by atoms with E-state index in [1.807, 2.05) is 30.3 Å². The van der Waals surface area contributed by atoms with Crippen LogP contribution in [-0.2, 0) is 0 Å². The van der Waals surface area contributed by atoms with Gasteiger partial charge in [-0.1, -0.05) is 30.3 Å². The van der Waals surface area contributed by atoms with Gasteiger partial charge >= 0.3 is 0 Å². The van der Waals surface area contributed by atoms with Gasteiger partial charge in [0.15, 0.2) is 5.82 Å². The fourth-order valence-corrected chi connectivity index (χ4v) is 1.86. The van der Waals surface area contributed by atoms with Crippen molar-refractivity contribution >= 4 is 5.95 Å². The Hall–Kier alpha value is -2.69. The van der Waals surface area contributed by atoms with Crippen LogP contribution in [0.2, 0.25) is 0 Å². The number of nitrogen functional groups attached to an aromatic ring is 1. The SMILES string of the molecule is Nc1nc(-c2ccccc2)n(-c2ccc(F)cc2)n1. The first kappa shape index (κ1) is 11.4. The predicted octanol–water partition coefficient (Wildman–Crippen LogP) is 2.66. The Morgan fingerprint density at radius 3 is 2.32 bits per heavy atom. The highest BCUT2D eigenvalue weighted by Crippen LogP contribution is 2.21. The number of nitrogens with zero attached hydrogens (tertiary/aromatic N) is 3. The van der Waals surface area contributed by atoms with Crippen molar-refractivity contribution in [2.45, 2.75) is 0 Å². The van der Waals surface area contributed by atoms with Gasteiger partial charge in [-0.05, 0) is 24.3 Å². The minimum absolute atomic E-state index is 0.183. The lowest BCUT2D eigenvalue weighted by Gasteiger charge is -2.05. The van der Waals surface area contributed by atoms with Gasteiger partial charge in [-0.25, -0.2) is 9.07 Å². The largest absolute Gasteiger partial charge is 0.366 e. The summed E-state index contributed by atoms with van der Waals surface area (Å²) in [5.74, 6) is 0.519. The molecule has 1 heterocycles. The monoisotopic (exact) mass is 254 g/mol. The van der Waals surface area contributed by atoms with E-state index in [0.717, 1.165) is 5.56 Å². The highest BCUT2D eigenvalue weighted by molar-refractivity contribution is 5.59. The quantitative estimate of drug-likeness (QED) is 0.764. The second kappa shape index (κ2) is 4.53. The second-order valence-electron chi connectivity index (χ2n) is 4.05. The highest BCUT2D eigenvalue weighted by Gasteiger charge is 2.11. The van der Waals surface area contributed by atoms with Gasteiger partial charge < -0.3 is 5.73 Å². The van der Waals surface area contributed by atoms with Crippen LogP contribution in [0.1, 0.15) is 0 Å². The smallest absolute Gasteiger partial charge is 0.240 e. The standard InChI is InChI=1S/C14H11FN4/c15-11-6-8-12(9-7-11)19-13(17-14(16)18-19)10-4-2-1-3-5-10/h1-9H,(H2,16,18). The number of hydrogen-bond acceptors (Lipinski definition) is 3. The van der Waals surface area contributed by atoms with E-state index in [-0.39, 0.29) is 11.8 Å². The summed E-state index contributed by atoms with van der Waals surface area (Å²) in [6.07, 6.45) is 0. The van der Waals surface area contributed by atoms with Gasteiger partial charge in [-0.2, -0.15) is 4.98 Å². The van der Waals surface area contributed by atoms with Crippen molar-refractivity contribution in [3.8, 4) is 17.1 Å². The lowest BCUT2D eigenvalue weighted by atomic mass is 10.2. The minimum Gasteiger partial charge on any atom is -0.366 e. The molecule has 3 rings (SSSR count). The summed E-state index contributed by atoms with van der Waals surface area (Å²) < 4.78 is 14.6. The molecule has 0 amide bonds. The van der Waals surface area contributed by atoms with Gasteiger partial charge in [0.1, 0.15) is 5.82 Å². The van der Waals surface area contributed by atoms with Crippen molar-refractivity contribution in [1.29, 1.82) is 0 Å². The molecule has 0 aliphatic carbocycles. The summed E-state index contributed by atoms with van der Waals surface area (Å²) in [7, 11) is 0. The van der Waals surface area contributed by atoms with Crippen LogP contribution in [0, 0.1) is 5.82 Å². The van der Waals surface area contributed by atoms with Crippen molar-refractivity contribution in [2.75, 3.05) is 5.73 Å². The number of aromatic nitrogens is 3. The van der Waals surface area contributed by atoms with Crippen molar-refractivity contribution in [1.82, 2.24) is 14.8 Å². The van der Waals surface area contributed by atoms with E-state index in [1.54, 1.807) is 16.8 Å². The van der Waals surface area contributed by atoms with Crippen LogP contribution in [0.25, 0.3) is 17.1 Å². The fourth-order valence-electron chi connectivity index (χ4n) is 1.86. The van der Waals surface area contributed by atoms with E-state index in [0.29, 0.717) is 11.5 Å². The summed E-state index contributed by atoms with van der Waals surface area (Å²) >= 11 is 0. The number of benzene rings is 2. The first-order chi connectivity index (χ1) is 9.24. The number of anilines is 1. The van der Waals surface area contributed by atoms with Gasteiger partial charge in [-0.15, -0.1) is 5.10 Å². The lowest BCUT2D eigenvalue weighted by Crippen LogP contribution is -2.00. The average Bonchev–Trinajstić information content (AvgIpc) is 2.83. The Bertz CT molecular complexity index is 689. The van der Waals surface area contributed by atoms with Gasteiger partial charge in [0, 0.05) is 5.56 Å². The van der Waals surface area contributed by atoms with Gasteiger partial charge in [0.2, 0.25) is 5.95 Å². The summed E-state index contributed by atoms with van der Waals surface area (Å²) in [6.45, 7) is 0. The molecule has 3 aromatic rings. The zero-order chi connectivity index (χ0) is 13.2. The maximum Gasteiger partial charge on any atom is 0.240 e. The van der Waals surface area contributed by atoms with Crippen molar-refractivity contribution in [2.24, 2.45) is 0 Å². The molecule has 0 aliphatic heterocycles. The fraction of sp³-hybridized carbons (Fsp3) is 0. The number of halogens is 1. The molecule has 4 nitrogen and oxygen atoms in total. The van der Waals surface area contributed by atoms with E-state index < -0.39 is 0 Å². The van der Waals surface area contributed by atoms with E-state index in [4.69, 9.17) is 5.73 Å². The molecule has 0 bridgehead atoms. The summed E-state index contributed by atoms with van der Waals surface area (Å²) in [6, 6.07) is 15.6. The third kappa shape index (κ3) is 2.18. The molecule has 0 radical (unpaired) electrons. The molecule has 2 aromatic carbocycles. The molecule has 0 atom stereocenters. The van der Waals surface area contributed by atoms with Crippen LogP contribution in [0.3, 0.4) is 0 Å². The summed E-state index contributed by atoms with van der Waals surface area (Å²) in [5, 5.41) is 4.15. The predicted molar refractivity (Wildman–Crippen MR) is 71.2 cm³/mol. The van der Waals surface area contributed by atoms with Crippen LogP contribution in [0.4, 0.5) is 10.3 Å². The Morgan fingerprint density at radius 1 is 0.947 bits per heavy atom. The maximum atomic E-state index is 13.0. The molecule has 0 fully saturated rings. The first-order valence-electron chi connectivity index (χ1n) is 5.78. The third-order valence-corrected chi connectivity index (χ3v) is 2.73. The molecule has 19 heavy (non-hydrogen) atoms. The van der Waals surface area contributed by atoms with E-state index in [2.05, 4.69) is 10.1 Å². The zero-order valence-corrected chi connectivity index (χ0v) is 9.99. The Balaban J connectivity index is 2.15. The maximum absolute atomic E-state index is 13.0. The molecule has 94 valence electrons. The van der Waals surface area contributed by atoms with E-state index in [9.17, 15) is 4.39 Å². The average molecular weight is 254 g/mol. The van der Waals surface area contributed by atoms with Crippen molar-refractivity contribution < 1.29 is 4.39 Å². The summed E-state index contributed by atoms with van der Waals surface area (Å²) in [5.41, 5.74) is 7.28. The Labute approximate surface area is 109 Å². The van der Waals surface area contributed by atoms with Gasteiger partial charge in [-0.3, -0.25) is 0 Å². The number of rotatable bonds is 2. The third-order valence-electron chi connectivity index (χ3n) is 2.73. The molecule has 0 unspecified atom stereocenters. The molecule has 0 saturated heterocycles. The molecule has 0 spiro atoms. The molecule has 1 aromatic heterocycles. The van der Waals surface area contributed by atoms with Crippen LogP contribution in [0.15, 0.2) is 54.6 Å². The molecule has 0 saturated carbocycles. The van der Waals surface area contributed by atoms with Crippen molar-refractivity contribution in [3.63, 3.8) is 0 Å². The van der Waals surface area contributed by atoms with Crippen LogP contribution in [-0.4, -0.2) is 14.8 Å². The lowest BCUT2D eigenvalue weighted by molar-refractivity contribution is 0.627. The minimum atomic E-state index is -0.293. The van der Waals surface area contributed by atoms with Crippen LogP contribution < -0.4 is 5.73 Å². The number of hydrogen-bond donors (Lipinski definition) is 1. The van der Waals surface area contributed by atoms with E-state index >= 15 is 0 Å². The highest BCUT2D eigenvalue weighted by atomic mass is 19.1. The topological polar surface area (TPSA) is 56.7 Å². The zero-order valence-electron chi connectivity index (χ0n) is 9.99. The Morgan fingerprint density at radius 2 is 1.63 bits per heavy atom. The van der Waals surface area contributed by atoms with E-state index in [1.165, 1.54) is 12.1 Å². The molecule has 2 N–H and O–H groups in total. The van der Waals surface area contributed by atoms with Crippen LogP contribution >= 0.6 is 0 Å². The second-order valence-corrected chi connectivity index (χ2v) is 4.05.